The number of phenols is 1. The van der Waals surface area contributed by atoms with Crippen molar-refractivity contribution in [2.24, 2.45) is 0 Å². The lowest BCUT2D eigenvalue weighted by atomic mass is 10.1. The number of allylic oxidation sites excluding steroid dienone is 1. The van der Waals surface area contributed by atoms with Crippen LogP contribution in [0.4, 0.5) is 0 Å². The summed E-state index contributed by atoms with van der Waals surface area (Å²) in [6.45, 7) is 7.56. The van der Waals surface area contributed by atoms with E-state index in [9.17, 15) is 5.11 Å². The molecule has 0 unspecified atom stereocenters. The number of halogens is 1. The van der Waals surface area contributed by atoms with E-state index in [1.807, 2.05) is 6.07 Å². The van der Waals surface area contributed by atoms with Crippen molar-refractivity contribution < 1.29 is 5.11 Å². The molecule has 0 aliphatic heterocycles. The monoisotopic (exact) mass is 225 g/mol. The van der Waals surface area contributed by atoms with Crippen LogP contribution >= 0.6 is 15.9 Å². The van der Waals surface area contributed by atoms with Crippen molar-refractivity contribution in [1.29, 1.82) is 0 Å². The van der Waals surface area contributed by atoms with Gasteiger partial charge in [-0.15, -0.1) is 0 Å². The highest BCUT2D eigenvalue weighted by Crippen LogP contribution is 2.25. The Kier molecular flexibility index (Phi) is 2.93. The van der Waals surface area contributed by atoms with Crippen molar-refractivity contribution >= 4 is 21.5 Å². The third-order valence-corrected chi connectivity index (χ3v) is 2.05. The minimum absolute atomic E-state index is 0.244. The zero-order chi connectivity index (χ0) is 9.14. The van der Waals surface area contributed by atoms with Crippen LogP contribution in [0.3, 0.4) is 0 Å². The van der Waals surface area contributed by atoms with Crippen molar-refractivity contribution in [3.8, 4) is 5.75 Å². The quantitative estimate of drug-likeness (QED) is 0.819. The van der Waals surface area contributed by atoms with Gasteiger partial charge in [-0.25, -0.2) is 0 Å². The Labute approximate surface area is 80.9 Å². The number of aromatic hydroxyl groups is 1. The van der Waals surface area contributed by atoms with Crippen molar-refractivity contribution in [2.45, 2.75) is 6.42 Å². The molecule has 0 aliphatic carbocycles. The van der Waals surface area contributed by atoms with Gasteiger partial charge in [0.05, 0.1) is 0 Å². The first-order chi connectivity index (χ1) is 5.63. The van der Waals surface area contributed by atoms with Crippen molar-refractivity contribution in [3.63, 3.8) is 0 Å². The highest BCUT2D eigenvalue weighted by molar-refractivity contribution is 9.10. The lowest BCUT2D eigenvalue weighted by molar-refractivity contribution is 0.475. The van der Waals surface area contributed by atoms with E-state index < -0.39 is 0 Å². The van der Waals surface area contributed by atoms with Gasteiger partial charge in [-0.05, 0) is 42.7 Å². The Morgan fingerprint density at radius 2 is 2.08 bits per heavy atom. The Balaban J connectivity index is 3.08. The largest absolute Gasteiger partial charge is 0.508 e. The van der Waals surface area contributed by atoms with Crippen LogP contribution in [-0.4, -0.2) is 5.11 Å². The van der Waals surface area contributed by atoms with E-state index in [2.05, 4.69) is 29.4 Å². The summed E-state index contributed by atoms with van der Waals surface area (Å²) in [5.74, 6) is 0.244. The van der Waals surface area contributed by atoms with Gasteiger partial charge >= 0.3 is 0 Å². The van der Waals surface area contributed by atoms with Crippen LogP contribution in [0, 0.1) is 6.92 Å². The molecule has 12 heavy (non-hydrogen) atoms. The van der Waals surface area contributed by atoms with Crippen LogP contribution in [0.25, 0.3) is 5.57 Å². The van der Waals surface area contributed by atoms with E-state index in [1.54, 1.807) is 12.1 Å². The van der Waals surface area contributed by atoms with Gasteiger partial charge in [-0.2, -0.15) is 0 Å². The van der Waals surface area contributed by atoms with Gasteiger partial charge in [-0.3, -0.25) is 0 Å². The number of hydrogen-bond acceptors (Lipinski definition) is 1. The molecule has 0 saturated carbocycles. The van der Waals surface area contributed by atoms with Gasteiger partial charge in [0.25, 0.3) is 0 Å². The molecule has 2 heteroatoms. The summed E-state index contributed by atoms with van der Waals surface area (Å²) < 4.78 is 0.854. The normalized spacial score (nSPS) is 9.83. The molecule has 0 amide bonds. The summed E-state index contributed by atoms with van der Waals surface area (Å²) in [6, 6.07) is 5.23. The molecule has 0 bridgehead atoms. The molecule has 0 fully saturated rings. The SMILES string of the molecule is [CH2]CC(=C)c1cc(O)cc(Br)c1. The summed E-state index contributed by atoms with van der Waals surface area (Å²) in [4.78, 5) is 0. The van der Waals surface area contributed by atoms with E-state index in [1.165, 1.54) is 0 Å². The average molecular weight is 226 g/mol. The maximum Gasteiger partial charge on any atom is 0.117 e. The third-order valence-electron chi connectivity index (χ3n) is 1.59. The molecule has 1 nitrogen and oxygen atoms in total. The highest BCUT2D eigenvalue weighted by atomic mass is 79.9. The van der Waals surface area contributed by atoms with Gasteiger partial charge in [0.15, 0.2) is 0 Å². The maximum absolute atomic E-state index is 9.25. The standard InChI is InChI=1S/C10H10BrO/c1-3-7(2)8-4-9(11)6-10(12)5-8/h4-6,12H,1-3H2. The molecule has 0 saturated heterocycles. The summed E-state index contributed by atoms with van der Waals surface area (Å²) >= 11 is 3.29. The fourth-order valence-corrected chi connectivity index (χ4v) is 1.40. The zero-order valence-electron chi connectivity index (χ0n) is 6.68. The molecular weight excluding hydrogens is 216 g/mol. The van der Waals surface area contributed by atoms with Crippen LogP contribution in [0.2, 0.25) is 0 Å². The smallest absolute Gasteiger partial charge is 0.117 e. The van der Waals surface area contributed by atoms with Gasteiger partial charge in [-0.1, -0.05) is 22.5 Å². The maximum atomic E-state index is 9.25. The first kappa shape index (κ1) is 9.33. The van der Waals surface area contributed by atoms with Crippen LogP contribution in [0.15, 0.2) is 29.3 Å². The predicted molar refractivity (Wildman–Crippen MR) is 54.8 cm³/mol. The van der Waals surface area contributed by atoms with E-state index in [0.717, 1.165) is 15.6 Å². The Morgan fingerprint density at radius 3 is 2.58 bits per heavy atom. The number of phenolic OH excluding ortho intramolecular Hbond substituents is 1. The minimum atomic E-state index is 0.244. The lowest BCUT2D eigenvalue weighted by Crippen LogP contribution is -1.80. The second kappa shape index (κ2) is 3.76. The van der Waals surface area contributed by atoms with E-state index in [0.29, 0.717) is 6.42 Å². The second-order valence-corrected chi connectivity index (χ2v) is 3.47. The summed E-state index contributed by atoms with van der Waals surface area (Å²) in [5.41, 5.74) is 1.85. The molecule has 0 aliphatic rings. The van der Waals surface area contributed by atoms with Crippen LogP contribution in [-0.2, 0) is 0 Å². The Morgan fingerprint density at radius 1 is 1.42 bits per heavy atom. The minimum Gasteiger partial charge on any atom is -0.508 e. The molecule has 1 rings (SSSR count). The van der Waals surface area contributed by atoms with Gasteiger partial charge in [0.1, 0.15) is 5.75 Å². The molecule has 0 spiro atoms. The summed E-state index contributed by atoms with van der Waals surface area (Å²) in [6.07, 6.45) is 0.649. The Hall–Kier alpha value is -0.760. The molecule has 1 radical (unpaired) electrons. The van der Waals surface area contributed by atoms with Crippen molar-refractivity contribution in [2.75, 3.05) is 0 Å². The average Bonchev–Trinajstić information content (AvgIpc) is 2.01. The number of benzene rings is 1. The molecule has 0 atom stereocenters. The Bertz CT molecular complexity index is 284. The van der Waals surface area contributed by atoms with Crippen molar-refractivity contribution in [3.05, 3.63) is 41.7 Å². The van der Waals surface area contributed by atoms with E-state index >= 15 is 0 Å². The first-order valence-corrected chi connectivity index (χ1v) is 4.39. The summed E-state index contributed by atoms with van der Waals surface area (Å²) in [5, 5.41) is 9.25. The number of hydrogen-bond donors (Lipinski definition) is 1. The van der Waals surface area contributed by atoms with E-state index in [4.69, 9.17) is 0 Å². The van der Waals surface area contributed by atoms with Crippen LogP contribution < -0.4 is 0 Å². The van der Waals surface area contributed by atoms with Crippen LogP contribution in [0.1, 0.15) is 12.0 Å². The first-order valence-electron chi connectivity index (χ1n) is 3.60. The van der Waals surface area contributed by atoms with E-state index in [-0.39, 0.29) is 5.75 Å². The lowest BCUT2D eigenvalue weighted by Gasteiger charge is -2.03. The molecule has 63 valence electrons. The number of rotatable bonds is 2. The molecule has 1 aromatic carbocycles. The molecule has 0 heterocycles. The van der Waals surface area contributed by atoms with Crippen molar-refractivity contribution in [1.82, 2.24) is 0 Å². The fourth-order valence-electron chi connectivity index (χ4n) is 0.923. The molecular formula is C10H10BrO. The van der Waals surface area contributed by atoms with Gasteiger partial charge < -0.3 is 5.11 Å². The zero-order valence-corrected chi connectivity index (χ0v) is 8.26. The molecule has 0 aromatic heterocycles. The molecule has 1 aromatic rings. The second-order valence-electron chi connectivity index (χ2n) is 2.55. The van der Waals surface area contributed by atoms with Crippen LogP contribution in [0.5, 0.6) is 5.75 Å². The highest BCUT2D eigenvalue weighted by Gasteiger charge is 1.99. The van der Waals surface area contributed by atoms with Gasteiger partial charge in [0.2, 0.25) is 0 Å². The topological polar surface area (TPSA) is 20.2 Å². The summed E-state index contributed by atoms with van der Waals surface area (Å²) in [7, 11) is 0. The third kappa shape index (κ3) is 2.11. The predicted octanol–water partition coefficient (Wildman–Crippen LogP) is 3.39. The fraction of sp³-hybridized carbons (Fsp3) is 0.100. The van der Waals surface area contributed by atoms with Gasteiger partial charge in [0, 0.05) is 4.47 Å². The molecule has 1 N–H and O–H groups in total.